The molecule has 0 spiro atoms. The summed E-state index contributed by atoms with van der Waals surface area (Å²) in [6.07, 6.45) is 0. The average molecular weight is 805 g/mol. The second kappa shape index (κ2) is 14.0. The Hall–Kier alpha value is -8.54. The Balaban J connectivity index is 1.11. The van der Waals surface area contributed by atoms with E-state index < -0.39 is 0 Å². The minimum Gasteiger partial charge on any atom is -0.456 e. The first-order valence-corrected chi connectivity index (χ1v) is 21.3. The zero-order valence-corrected chi connectivity index (χ0v) is 34.0. The van der Waals surface area contributed by atoms with Crippen molar-refractivity contribution in [3.63, 3.8) is 0 Å². The third kappa shape index (κ3) is 5.57. The molecule has 294 valence electrons. The number of benzene rings is 9. The average Bonchev–Trinajstić information content (AvgIpc) is 4.02. The lowest BCUT2D eigenvalue weighted by Gasteiger charge is -2.17. The molecule has 0 unspecified atom stereocenters. The van der Waals surface area contributed by atoms with Gasteiger partial charge in [0.2, 0.25) is 0 Å². The number of rotatable bonds is 6. The molecule has 0 N–H and O–H groups in total. The van der Waals surface area contributed by atoms with E-state index in [1.165, 1.54) is 21.5 Å². The second-order valence-electron chi connectivity index (χ2n) is 16.1. The molecule has 13 rings (SSSR count). The molecule has 0 bridgehead atoms. The van der Waals surface area contributed by atoms with Gasteiger partial charge in [0.25, 0.3) is 0 Å². The van der Waals surface area contributed by atoms with Crippen LogP contribution in [0.4, 0.5) is 0 Å². The van der Waals surface area contributed by atoms with Gasteiger partial charge < -0.3 is 13.6 Å². The Morgan fingerprint density at radius 1 is 0.317 bits per heavy atom. The molecular formula is C58H36N4O. The lowest BCUT2D eigenvalue weighted by atomic mass is 9.93. The Morgan fingerprint density at radius 3 is 1.38 bits per heavy atom. The summed E-state index contributed by atoms with van der Waals surface area (Å²) in [6, 6.07) is 77.3. The normalized spacial score (nSPS) is 11.8. The van der Waals surface area contributed by atoms with Crippen LogP contribution < -0.4 is 0 Å². The van der Waals surface area contributed by atoms with E-state index in [9.17, 15) is 0 Å². The molecular weight excluding hydrogens is 769 g/mol. The van der Waals surface area contributed by atoms with Gasteiger partial charge in [0, 0.05) is 60.4 Å². The molecule has 0 aliphatic heterocycles. The number of aromatic nitrogens is 4. The molecule has 5 heteroatoms. The molecule has 9 aromatic carbocycles. The van der Waals surface area contributed by atoms with Crippen molar-refractivity contribution in [2.75, 3.05) is 0 Å². The molecule has 0 saturated heterocycles. The van der Waals surface area contributed by atoms with Crippen molar-refractivity contribution in [2.24, 2.45) is 0 Å². The summed E-state index contributed by atoms with van der Waals surface area (Å²) in [5.74, 6) is 0.658. The van der Waals surface area contributed by atoms with Crippen LogP contribution in [-0.2, 0) is 0 Å². The molecule has 0 aliphatic rings. The van der Waals surface area contributed by atoms with Gasteiger partial charge in [-0.1, -0.05) is 158 Å². The predicted octanol–water partition coefficient (Wildman–Crippen LogP) is 15.2. The van der Waals surface area contributed by atoms with Gasteiger partial charge in [-0.25, -0.2) is 9.97 Å². The van der Waals surface area contributed by atoms with E-state index in [1.54, 1.807) is 0 Å². The molecule has 0 radical (unpaired) electrons. The van der Waals surface area contributed by atoms with Crippen molar-refractivity contribution in [3.8, 4) is 56.4 Å². The predicted molar refractivity (Wildman–Crippen MR) is 260 cm³/mol. The maximum Gasteiger partial charge on any atom is 0.160 e. The lowest BCUT2D eigenvalue weighted by Crippen LogP contribution is -2.02. The zero-order valence-electron chi connectivity index (χ0n) is 34.0. The van der Waals surface area contributed by atoms with Gasteiger partial charge in [-0.15, -0.1) is 0 Å². The highest BCUT2D eigenvalue weighted by Gasteiger charge is 2.21. The van der Waals surface area contributed by atoms with Crippen LogP contribution in [0.15, 0.2) is 223 Å². The summed E-state index contributed by atoms with van der Waals surface area (Å²) in [6.45, 7) is 0. The topological polar surface area (TPSA) is 48.8 Å². The van der Waals surface area contributed by atoms with Crippen LogP contribution in [0.5, 0.6) is 0 Å². The molecule has 63 heavy (non-hydrogen) atoms. The maximum absolute atomic E-state index is 6.38. The van der Waals surface area contributed by atoms with Crippen molar-refractivity contribution in [2.45, 2.75) is 0 Å². The molecule has 4 aromatic heterocycles. The van der Waals surface area contributed by atoms with Crippen LogP contribution in [0.25, 0.3) is 122 Å². The van der Waals surface area contributed by atoms with E-state index in [2.05, 4.69) is 197 Å². The van der Waals surface area contributed by atoms with E-state index in [0.717, 1.165) is 94.6 Å². The van der Waals surface area contributed by atoms with Crippen LogP contribution >= 0.6 is 0 Å². The first kappa shape index (κ1) is 35.2. The zero-order chi connectivity index (χ0) is 41.4. The van der Waals surface area contributed by atoms with Gasteiger partial charge in [-0.05, 0) is 71.8 Å². The lowest BCUT2D eigenvalue weighted by molar-refractivity contribution is 0.669. The summed E-state index contributed by atoms with van der Waals surface area (Å²) < 4.78 is 11.2. The maximum atomic E-state index is 6.38. The van der Waals surface area contributed by atoms with Gasteiger partial charge in [0.15, 0.2) is 5.82 Å². The molecule has 5 nitrogen and oxygen atoms in total. The van der Waals surface area contributed by atoms with E-state index >= 15 is 0 Å². The SMILES string of the molecule is c1ccc(-c2nc(-c3cc(-n4c5ccccc5c5ccccc54)cc(-n4c5ccccc5c5ccccc54)c3)cc(-c3ccccc3-c3cccc4oc5ccccc5c34)n2)cc1. The first-order chi connectivity index (χ1) is 31.2. The van der Waals surface area contributed by atoms with Crippen molar-refractivity contribution in [1.82, 2.24) is 19.1 Å². The Bertz CT molecular complexity index is 3690. The van der Waals surface area contributed by atoms with Gasteiger partial charge in [0.05, 0.1) is 33.5 Å². The third-order valence-corrected chi connectivity index (χ3v) is 12.5. The summed E-state index contributed by atoms with van der Waals surface area (Å²) >= 11 is 0. The fraction of sp³-hybridized carbons (Fsp3) is 0. The van der Waals surface area contributed by atoms with Crippen molar-refractivity contribution in [3.05, 3.63) is 218 Å². The highest BCUT2D eigenvalue weighted by atomic mass is 16.3. The van der Waals surface area contributed by atoms with Gasteiger partial charge in [0.1, 0.15) is 11.2 Å². The summed E-state index contributed by atoms with van der Waals surface area (Å²) in [4.78, 5) is 10.8. The van der Waals surface area contributed by atoms with Crippen molar-refractivity contribution in [1.29, 1.82) is 0 Å². The molecule has 0 fully saturated rings. The molecule has 0 amide bonds. The van der Waals surface area contributed by atoms with Gasteiger partial charge in [-0.2, -0.15) is 0 Å². The third-order valence-electron chi connectivity index (χ3n) is 12.5. The van der Waals surface area contributed by atoms with E-state index in [1.807, 2.05) is 30.3 Å². The monoisotopic (exact) mass is 804 g/mol. The summed E-state index contributed by atoms with van der Waals surface area (Å²) in [5, 5.41) is 7.03. The number of fused-ring (bicyclic) bond motifs is 9. The molecule has 0 aliphatic carbocycles. The fourth-order valence-corrected chi connectivity index (χ4v) is 9.79. The number of hydrogen-bond donors (Lipinski definition) is 0. The second-order valence-corrected chi connectivity index (χ2v) is 16.1. The van der Waals surface area contributed by atoms with Crippen LogP contribution in [0, 0.1) is 0 Å². The Labute approximate surface area is 362 Å². The van der Waals surface area contributed by atoms with Gasteiger partial charge >= 0.3 is 0 Å². The van der Waals surface area contributed by atoms with E-state index in [0.29, 0.717) is 5.82 Å². The minimum atomic E-state index is 0.658. The minimum absolute atomic E-state index is 0.658. The highest BCUT2D eigenvalue weighted by molar-refractivity contribution is 6.14. The number of furan rings is 1. The van der Waals surface area contributed by atoms with Crippen LogP contribution in [0.2, 0.25) is 0 Å². The standard InChI is InChI=1S/C58H36N4O/c1-2-17-37(18-3-1)58-59-49(36-50(60-58)42-20-5-4-19-41(42)47-26-16-32-56-57(47)48-25-10-15-31-55(48)63-56)38-33-39(61-51-27-11-6-21-43(51)44-22-7-12-28-52(44)61)35-40(34-38)62-53-29-13-8-23-45(53)46-24-9-14-30-54(46)62/h1-36H. The largest absolute Gasteiger partial charge is 0.456 e. The van der Waals surface area contributed by atoms with Gasteiger partial charge in [-0.3, -0.25) is 0 Å². The fourth-order valence-electron chi connectivity index (χ4n) is 9.79. The summed E-state index contributed by atoms with van der Waals surface area (Å²) in [7, 11) is 0. The molecule has 13 aromatic rings. The van der Waals surface area contributed by atoms with E-state index in [-0.39, 0.29) is 0 Å². The van der Waals surface area contributed by atoms with Crippen molar-refractivity contribution >= 4 is 65.6 Å². The first-order valence-electron chi connectivity index (χ1n) is 21.3. The Morgan fingerprint density at radius 2 is 0.778 bits per heavy atom. The smallest absolute Gasteiger partial charge is 0.160 e. The van der Waals surface area contributed by atoms with Crippen molar-refractivity contribution < 1.29 is 4.42 Å². The van der Waals surface area contributed by atoms with Crippen LogP contribution in [0.1, 0.15) is 0 Å². The summed E-state index contributed by atoms with van der Waals surface area (Å²) in [5.41, 5.74) is 15.2. The quantitative estimate of drug-likeness (QED) is 0.168. The molecule has 4 heterocycles. The molecule has 0 atom stereocenters. The van der Waals surface area contributed by atoms with Crippen LogP contribution in [0.3, 0.4) is 0 Å². The number of nitrogens with zero attached hydrogens (tertiary/aromatic N) is 4. The Kier molecular flexibility index (Phi) is 7.84. The molecule has 0 saturated carbocycles. The van der Waals surface area contributed by atoms with E-state index in [4.69, 9.17) is 14.4 Å². The number of hydrogen-bond acceptors (Lipinski definition) is 3. The number of para-hydroxylation sites is 5. The van der Waals surface area contributed by atoms with Crippen LogP contribution in [-0.4, -0.2) is 19.1 Å². The highest BCUT2D eigenvalue weighted by Crippen LogP contribution is 2.42.